The fourth-order valence-electron chi connectivity index (χ4n) is 0.842. The van der Waals surface area contributed by atoms with Crippen LogP contribution in [0.3, 0.4) is 0 Å². The summed E-state index contributed by atoms with van der Waals surface area (Å²) in [6, 6.07) is 0. The molecule has 0 atom stereocenters. The van der Waals surface area contributed by atoms with Crippen molar-refractivity contribution < 1.29 is 4.79 Å². The van der Waals surface area contributed by atoms with Crippen molar-refractivity contribution in [3.8, 4) is 0 Å². The van der Waals surface area contributed by atoms with Crippen molar-refractivity contribution in [2.45, 2.75) is 26.7 Å². The molecule has 70 valence electrons. The quantitative estimate of drug-likeness (QED) is 0.355. The van der Waals surface area contributed by atoms with Crippen LogP contribution >= 0.6 is 0 Å². The van der Waals surface area contributed by atoms with E-state index in [1.165, 1.54) is 6.08 Å². The first-order chi connectivity index (χ1) is 5.85. The maximum Gasteiger partial charge on any atom is 0.144 e. The Hall–Kier alpha value is -0.830. The summed E-state index contributed by atoms with van der Waals surface area (Å²) in [5.74, 6) is 0. The fourth-order valence-corrected chi connectivity index (χ4v) is 0.842. The second-order valence-corrected chi connectivity index (χ2v) is 2.58. The van der Waals surface area contributed by atoms with Crippen LogP contribution in [0.15, 0.2) is 12.3 Å². The third kappa shape index (κ3) is 5.92. The maximum absolute atomic E-state index is 10.0. The predicted molar refractivity (Wildman–Crippen MR) is 50.5 cm³/mol. The highest BCUT2D eigenvalue weighted by Gasteiger charge is 1.93. The Kier molecular flexibility index (Phi) is 7.70. The van der Waals surface area contributed by atoms with Gasteiger partial charge < -0.3 is 5.01 Å². The van der Waals surface area contributed by atoms with Gasteiger partial charge >= 0.3 is 0 Å². The summed E-state index contributed by atoms with van der Waals surface area (Å²) >= 11 is 0. The Morgan fingerprint density at radius 2 is 2.08 bits per heavy atom. The van der Waals surface area contributed by atoms with Gasteiger partial charge in [-0.1, -0.05) is 13.8 Å². The second-order valence-electron chi connectivity index (χ2n) is 2.58. The van der Waals surface area contributed by atoms with E-state index in [2.05, 4.69) is 19.3 Å². The van der Waals surface area contributed by atoms with Gasteiger partial charge in [0.25, 0.3) is 0 Å². The molecule has 0 aromatic heterocycles. The summed E-state index contributed by atoms with van der Waals surface area (Å²) < 4.78 is 0. The van der Waals surface area contributed by atoms with Gasteiger partial charge in [0.2, 0.25) is 0 Å². The molecule has 0 aromatic carbocycles. The molecule has 0 saturated carbocycles. The summed E-state index contributed by atoms with van der Waals surface area (Å²) in [5, 5.41) is 1.94. The Bertz CT molecular complexity index is 134. The van der Waals surface area contributed by atoms with Crippen molar-refractivity contribution in [3.63, 3.8) is 0 Å². The first-order valence-corrected chi connectivity index (χ1v) is 4.47. The number of rotatable bonds is 7. The number of aldehydes is 1. The number of hydrazine groups is 1. The first-order valence-electron chi connectivity index (χ1n) is 4.47. The average molecular weight is 170 g/mol. The van der Waals surface area contributed by atoms with Crippen LogP contribution in [0.5, 0.6) is 0 Å². The molecule has 0 unspecified atom stereocenters. The molecule has 3 heteroatoms. The molecule has 0 spiro atoms. The van der Waals surface area contributed by atoms with E-state index in [1.807, 2.05) is 5.01 Å². The van der Waals surface area contributed by atoms with E-state index < -0.39 is 0 Å². The van der Waals surface area contributed by atoms with Crippen LogP contribution in [0, 0.1) is 0 Å². The molecule has 12 heavy (non-hydrogen) atoms. The molecule has 0 fully saturated rings. The van der Waals surface area contributed by atoms with Gasteiger partial charge in [0, 0.05) is 19.3 Å². The van der Waals surface area contributed by atoms with Crippen LogP contribution in [0.2, 0.25) is 0 Å². The number of hydrogen-bond donors (Lipinski definition) is 1. The molecular weight excluding hydrogens is 152 g/mol. The Balaban J connectivity index is 3.68. The zero-order chi connectivity index (χ0) is 9.23. The summed E-state index contributed by atoms with van der Waals surface area (Å²) in [5.41, 5.74) is 3.19. The lowest BCUT2D eigenvalue weighted by atomic mass is 10.4. The lowest BCUT2D eigenvalue weighted by molar-refractivity contribution is -0.104. The predicted octanol–water partition coefficient (Wildman–Crippen LogP) is 1.33. The lowest BCUT2D eigenvalue weighted by Gasteiger charge is -2.19. The summed E-state index contributed by atoms with van der Waals surface area (Å²) in [6.45, 7) is 6.10. The normalized spacial score (nSPS) is 10.5. The number of carbonyl (C=O) groups excluding carboxylic acids is 1. The Morgan fingerprint density at radius 3 is 2.58 bits per heavy atom. The highest BCUT2D eigenvalue weighted by molar-refractivity contribution is 5.64. The minimum Gasteiger partial charge on any atom is -0.316 e. The average Bonchev–Trinajstić information content (AvgIpc) is 2.10. The highest BCUT2D eigenvalue weighted by atomic mass is 16.1. The van der Waals surface area contributed by atoms with E-state index in [1.54, 1.807) is 6.20 Å². The van der Waals surface area contributed by atoms with Gasteiger partial charge in [0.05, 0.1) is 0 Å². The zero-order valence-electron chi connectivity index (χ0n) is 7.92. The Morgan fingerprint density at radius 1 is 1.33 bits per heavy atom. The molecule has 0 aliphatic carbocycles. The summed E-state index contributed by atoms with van der Waals surface area (Å²) in [6.07, 6.45) is 6.22. The smallest absolute Gasteiger partial charge is 0.144 e. The molecular formula is C9H18N2O. The van der Waals surface area contributed by atoms with Crippen molar-refractivity contribution in [2.24, 2.45) is 0 Å². The Labute approximate surface area is 74.4 Å². The van der Waals surface area contributed by atoms with Gasteiger partial charge in [-0.3, -0.25) is 4.79 Å². The van der Waals surface area contributed by atoms with Crippen LogP contribution in [-0.2, 0) is 4.79 Å². The monoisotopic (exact) mass is 170 g/mol. The SMILES string of the molecule is CCCNN(C=CC=O)CCC. The second kappa shape index (κ2) is 8.27. The third-order valence-corrected chi connectivity index (χ3v) is 1.37. The van der Waals surface area contributed by atoms with Crippen molar-refractivity contribution in [1.82, 2.24) is 10.4 Å². The largest absolute Gasteiger partial charge is 0.316 e. The van der Waals surface area contributed by atoms with Crippen LogP contribution < -0.4 is 5.43 Å². The molecule has 3 nitrogen and oxygen atoms in total. The topological polar surface area (TPSA) is 32.3 Å². The van der Waals surface area contributed by atoms with E-state index in [0.717, 1.165) is 32.2 Å². The molecule has 0 heterocycles. The molecule has 0 amide bonds. The molecule has 1 N–H and O–H groups in total. The minimum atomic E-state index is 0.788. The van der Waals surface area contributed by atoms with Crippen LogP contribution in [0.25, 0.3) is 0 Å². The van der Waals surface area contributed by atoms with Gasteiger partial charge in [0.15, 0.2) is 0 Å². The molecule has 0 rings (SSSR count). The molecule has 0 saturated heterocycles. The number of nitrogens with zero attached hydrogens (tertiary/aromatic N) is 1. The summed E-state index contributed by atoms with van der Waals surface area (Å²) in [4.78, 5) is 10.0. The number of hydrogen-bond acceptors (Lipinski definition) is 3. The first kappa shape index (κ1) is 11.2. The van der Waals surface area contributed by atoms with E-state index in [-0.39, 0.29) is 0 Å². The van der Waals surface area contributed by atoms with Gasteiger partial charge in [-0.2, -0.15) is 0 Å². The van der Waals surface area contributed by atoms with E-state index >= 15 is 0 Å². The minimum absolute atomic E-state index is 0.788. The van der Waals surface area contributed by atoms with E-state index in [0.29, 0.717) is 0 Å². The lowest BCUT2D eigenvalue weighted by Crippen LogP contribution is -2.34. The summed E-state index contributed by atoms with van der Waals surface area (Å²) in [7, 11) is 0. The molecule has 0 aliphatic heterocycles. The number of allylic oxidation sites excluding steroid dienone is 1. The number of carbonyl (C=O) groups is 1. The van der Waals surface area contributed by atoms with Crippen LogP contribution in [0.4, 0.5) is 0 Å². The molecule has 0 radical (unpaired) electrons. The van der Waals surface area contributed by atoms with Crippen LogP contribution in [0.1, 0.15) is 26.7 Å². The standard InChI is InChI=1S/C9H18N2O/c1-3-6-10-11(7-4-2)8-5-9-12/h5,8-10H,3-4,6-7H2,1-2H3. The van der Waals surface area contributed by atoms with Gasteiger partial charge in [-0.05, 0) is 18.9 Å². The van der Waals surface area contributed by atoms with Crippen LogP contribution in [-0.4, -0.2) is 24.4 Å². The number of nitrogens with one attached hydrogen (secondary N) is 1. The van der Waals surface area contributed by atoms with Gasteiger partial charge in [-0.15, -0.1) is 0 Å². The maximum atomic E-state index is 10.0. The third-order valence-electron chi connectivity index (χ3n) is 1.37. The highest BCUT2D eigenvalue weighted by Crippen LogP contribution is 1.87. The van der Waals surface area contributed by atoms with E-state index in [9.17, 15) is 4.79 Å². The fraction of sp³-hybridized carbons (Fsp3) is 0.667. The van der Waals surface area contributed by atoms with Crippen molar-refractivity contribution >= 4 is 6.29 Å². The zero-order valence-corrected chi connectivity index (χ0v) is 7.92. The van der Waals surface area contributed by atoms with Crippen molar-refractivity contribution in [3.05, 3.63) is 12.3 Å². The molecule has 0 aliphatic rings. The van der Waals surface area contributed by atoms with Crippen molar-refractivity contribution in [2.75, 3.05) is 13.1 Å². The molecule has 0 bridgehead atoms. The van der Waals surface area contributed by atoms with E-state index in [4.69, 9.17) is 0 Å². The van der Waals surface area contributed by atoms with Gasteiger partial charge in [-0.25, -0.2) is 5.43 Å². The van der Waals surface area contributed by atoms with Crippen molar-refractivity contribution in [1.29, 1.82) is 0 Å². The van der Waals surface area contributed by atoms with Gasteiger partial charge in [0.1, 0.15) is 6.29 Å². The molecule has 0 aromatic rings.